The van der Waals surface area contributed by atoms with Gasteiger partial charge in [0.1, 0.15) is 5.75 Å². The van der Waals surface area contributed by atoms with Crippen LogP contribution in [0.1, 0.15) is 18.9 Å². The summed E-state index contributed by atoms with van der Waals surface area (Å²) in [5, 5.41) is 3.98. The molecule has 0 saturated carbocycles. The molecule has 20 heavy (non-hydrogen) atoms. The number of ether oxygens (including phenoxy) is 1. The summed E-state index contributed by atoms with van der Waals surface area (Å²) in [7, 11) is 0. The third-order valence-electron chi connectivity index (χ3n) is 2.88. The van der Waals surface area contributed by atoms with Crippen molar-refractivity contribution in [1.29, 1.82) is 0 Å². The molecular weight excluding hydrogens is 252 g/mol. The Morgan fingerprint density at radius 1 is 0.950 bits per heavy atom. The third kappa shape index (κ3) is 2.69. The maximum Gasteiger partial charge on any atom is 0.267 e. The Hall–Kier alpha value is -2.62. The molecule has 100 valence electrons. The number of hydrogen-bond acceptors (Lipinski definition) is 4. The summed E-state index contributed by atoms with van der Waals surface area (Å²) in [5.41, 5.74) is 0.925. The maximum atomic E-state index is 5.75. The lowest BCUT2D eigenvalue weighted by Gasteiger charge is -2.09. The van der Waals surface area contributed by atoms with Crippen LogP contribution in [0.25, 0.3) is 11.4 Å². The lowest BCUT2D eigenvalue weighted by atomic mass is 10.2. The molecule has 0 aliphatic heterocycles. The van der Waals surface area contributed by atoms with Crippen LogP contribution in [0.4, 0.5) is 0 Å². The van der Waals surface area contributed by atoms with Crippen molar-refractivity contribution in [3.8, 4) is 17.1 Å². The van der Waals surface area contributed by atoms with E-state index >= 15 is 0 Å². The van der Waals surface area contributed by atoms with Gasteiger partial charge in [-0.1, -0.05) is 53.7 Å². The average Bonchev–Trinajstić information content (AvgIpc) is 2.99. The van der Waals surface area contributed by atoms with Gasteiger partial charge in [-0.3, -0.25) is 0 Å². The first-order valence-corrected chi connectivity index (χ1v) is 6.43. The second-order valence-electron chi connectivity index (χ2n) is 4.40. The predicted octanol–water partition coefficient (Wildman–Crippen LogP) is 3.88. The molecule has 4 heteroatoms. The summed E-state index contributed by atoms with van der Waals surface area (Å²) in [5.74, 6) is 1.82. The van der Waals surface area contributed by atoms with Gasteiger partial charge >= 0.3 is 0 Å². The Labute approximate surface area is 117 Å². The zero-order chi connectivity index (χ0) is 13.8. The summed E-state index contributed by atoms with van der Waals surface area (Å²) >= 11 is 0. The van der Waals surface area contributed by atoms with Gasteiger partial charge in [-0.05, 0) is 19.1 Å². The van der Waals surface area contributed by atoms with E-state index in [1.54, 1.807) is 0 Å². The van der Waals surface area contributed by atoms with Crippen LogP contribution < -0.4 is 4.74 Å². The van der Waals surface area contributed by atoms with Crippen molar-refractivity contribution in [2.75, 3.05) is 0 Å². The quantitative estimate of drug-likeness (QED) is 0.719. The highest BCUT2D eigenvalue weighted by atomic mass is 16.5. The normalized spacial score (nSPS) is 12.1. The zero-order valence-corrected chi connectivity index (χ0v) is 11.1. The molecule has 0 aliphatic rings. The summed E-state index contributed by atoms with van der Waals surface area (Å²) < 4.78 is 11.0. The Morgan fingerprint density at radius 2 is 1.60 bits per heavy atom. The van der Waals surface area contributed by atoms with E-state index in [1.807, 2.05) is 67.6 Å². The van der Waals surface area contributed by atoms with Crippen LogP contribution >= 0.6 is 0 Å². The minimum Gasteiger partial charge on any atom is -0.481 e. The first-order chi connectivity index (χ1) is 9.83. The molecule has 0 N–H and O–H groups in total. The highest BCUT2D eigenvalue weighted by Crippen LogP contribution is 2.22. The van der Waals surface area contributed by atoms with E-state index in [-0.39, 0.29) is 6.10 Å². The van der Waals surface area contributed by atoms with Crippen molar-refractivity contribution in [3.05, 3.63) is 66.6 Å². The molecular formula is C16H14N2O2. The van der Waals surface area contributed by atoms with Crippen LogP contribution in [0.5, 0.6) is 5.75 Å². The summed E-state index contributed by atoms with van der Waals surface area (Å²) in [4.78, 5) is 4.37. The van der Waals surface area contributed by atoms with E-state index < -0.39 is 0 Å². The van der Waals surface area contributed by atoms with Crippen molar-refractivity contribution in [2.45, 2.75) is 13.0 Å². The second-order valence-corrected chi connectivity index (χ2v) is 4.40. The molecule has 0 spiro atoms. The van der Waals surface area contributed by atoms with E-state index in [9.17, 15) is 0 Å². The largest absolute Gasteiger partial charge is 0.481 e. The van der Waals surface area contributed by atoms with Crippen LogP contribution in [0.3, 0.4) is 0 Å². The molecule has 0 bridgehead atoms. The van der Waals surface area contributed by atoms with Gasteiger partial charge in [-0.15, -0.1) is 0 Å². The molecule has 3 rings (SSSR count). The first kappa shape index (κ1) is 12.4. The van der Waals surface area contributed by atoms with E-state index in [0.29, 0.717) is 11.7 Å². The molecule has 4 nitrogen and oxygen atoms in total. The molecule has 1 unspecified atom stereocenters. The van der Waals surface area contributed by atoms with Crippen molar-refractivity contribution in [1.82, 2.24) is 10.1 Å². The third-order valence-corrected chi connectivity index (χ3v) is 2.88. The average molecular weight is 266 g/mol. The maximum absolute atomic E-state index is 5.75. The molecule has 0 amide bonds. The second kappa shape index (κ2) is 5.57. The summed E-state index contributed by atoms with van der Waals surface area (Å²) in [6.07, 6.45) is -0.289. The van der Waals surface area contributed by atoms with Crippen LogP contribution in [-0.2, 0) is 0 Å². The van der Waals surface area contributed by atoms with Gasteiger partial charge in [-0.2, -0.15) is 4.98 Å². The number of rotatable bonds is 4. The monoisotopic (exact) mass is 266 g/mol. The molecule has 0 fully saturated rings. The molecule has 1 aromatic heterocycles. The van der Waals surface area contributed by atoms with Crippen molar-refractivity contribution in [3.63, 3.8) is 0 Å². The fourth-order valence-electron chi connectivity index (χ4n) is 1.86. The van der Waals surface area contributed by atoms with E-state index in [0.717, 1.165) is 11.3 Å². The number of hydrogen-bond donors (Lipinski definition) is 0. The number of benzene rings is 2. The van der Waals surface area contributed by atoms with Gasteiger partial charge in [0.05, 0.1) is 0 Å². The minimum absolute atomic E-state index is 0.289. The van der Waals surface area contributed by atoms with Gasteiger partial charge in [0.15, 0.2) is 6.10 Å². The minimum atomic E-state index is -0.289. The Kier molecular flexibility index (Phi) is 3.46. The molecule has 1 heterocycles. The fourth-order valence-corrected chi connectivity index (χ4v) is 1.86. The summed E-state index contributed by atoms with van der Waals surface area (Å²) in [6, 6.07) is 19.3. The smallest absolute Gasteiger partial charge is 0.267 e. The van der Waals surface area contributed by atoms with Crippen LogP contribution in [0.15, 0.2) is 65.2 Å². The molecule has 0 aliphatic carbocycles. The van der Waals surface area contributed by atoms with E-state index in [4.69, 9.17) is 9.26 Å². The lowest BCUT2D eigenvalue weighted by molar-refractivity contribution is 0.176. The highest BCUT2D eigenvalue weighted by molar-refractivity contribution is 5.53. The number of nitrogens with zero attached hydrogens (tertiary/aromatic N) is 2. The van der Waals surface area contributed by atoms with Crippen LogP contribution in [0, 0.1) is 0 Å². The van der Waals surface area contributed by atoms with Crippen LogP contribution in [0.2, 0.25) is 0 Å². The zero-order valence-electron chi connectivity index (χ0n) is 11.1. The Balaban J connectivity index is 1.77. The Bertz CT molecular complexity index is 665. The van der Waals surface area contributed by atoms with Crippen molar-refractivity contribution < 1.29 is 9.26 Å². The van der Waals surface area contributed by atoms with Gasteiger partial charge in [0.2, 0.25) is 5.82 Å². The standard InChI is InChI=1S/C16H14N2O2/c1-12(19-14-10-6-3-7-11-14)16-17-15(18-20-16)13-8-4-2-5-9-13/h2-12H,1H3. The molecule has 0 saturated heterocycles. The topological polar surface area (TPSA) is 48.2 Å². The fraction of sp³-hybridized carbons (Fsp3) is 0.125. The molecule has 2 aromatic carbocycles. The summed E-state index contributed by atoms with van der Waals surface area (Å²) in [6.45, 7) is 1.88. The highest BCUT2D eigenvalue weighted by Gasteiger charge is 2.16. The number of para-hydroxylation sites is 1. The SMILES string of the molecule is CC(Oc1ccccc1)c1nc(-c2ccccc2)no1. The molecule has 0 radical (unpaired) electrons. The first-order valence-electron chi connectivity index (χ1n) is 6.43. The van der Waals surface area contributed by atoms with Crippen LogP contribution in [-0.4, -0.2) is 10.1 Å². The van der Waals surface area contributed by atoms with Crippen molar-refractivity contribution >= 4 is 0 Å². The van der Waals surface area contributed by atoms with E-state index in [1.165, 1.54) is 0 Å². The van der Waals surface area contributed by atoms with Crippen molar-refractivity contribution in [2.24, 2.45) is 0 Å². The van der Waals surface area contributed by atoms with E-state index in [2.05, 4.69) is 10.1 Å². The van der Waals surface area contributed by atoms with Gasteiger partial charge < -0.3 is 9.26 Å². The van der Waals surface area contributed by atoms with Gasteiger partial charge in [-0.25, -0.2) is 0 Å². The molecule has 1 atom stereocenters. The lowest BCUT2D eigenvalue weighted by Crippen LogP contribution is -2.03. The Morgan fingerprint density at radius 3 is 2.30 bits per heavy atom. The molecule has 3 aromatic rings. The number of aromatic nitrogens is 2. The predicted molar refractivity (Wildman–Crippen MR) is 75.2 cm³/mol. The van der Waals surface area contributed by atoms with Gasteiger partial charge in [0.25, 0.3) is 5.89 Å². The van der Waals surface area contributed by atoms with Gasteiger partial charge in [0, 0.05) is 5.56 Å².